The van der Waals surface area contributed by atoms with E-state index in [0.29, 0.717) is 12.3 Å². The highest BCUT2D eigenvalue weighted by atomic mass is 19.1. The second-order valence-electron chi connectivity index (χ2n) is 5.13. The van der Waals surface area contributed by atoms with Gasteiger partial charge in [0.15, 0.2) is 0 Å². The van der Waals surface area contributed by atoms with Gasteiger partial charge in [0.05, 0.1) is 0 Å². The van der Waals surface area contributed by atoms with Gasteiger partial charge < -0.3 is 5.73 Å². The molecular formula is C13H26FN. The van der Waals surface area contributed by atoms with Crippen molar-refractivity contribution in [3.63, 3.8) is 0 Å². The van der Waals surface area contributed by atoms with Crippen LogP contribution >= 0.6 is 0 Å². The van der Waals surface area contributed by atoms with E-state index < -0.39 is 5.67 Å². The van der Waals surface area contributed by atoms with Crippen LogP contribution < -0.4 is 5.73 Å². The average Bonchev–Trinajstić information content (AvgIpc) is 3.07. The highest BCUT2D eigenvalue weighted by molar-refractivity contribution is 4.96. The lowest BCUT2D eigenvalue weighted by Gasteiger charge is -2.28. The fraction of sp³-hybridized carbons (Fsp3) is 1.00. The third kappa shape index (κ3) is 3.75. The van der Waals surface area contributed by atoms with E-state index in [4.69, 9.17) is 5.73 Å². The first-order valence-electron chi connectivity index (χ1n) is 6.55. The molecule has 1 fully saturated rings. The molecule has 0 aliphatic heterocycles. The minimum Gasteiger partial charge on any atom is -0.328 e. The number of halogens is 1. The Hall–Kier alpha value is -0.110. The van der Waals surface area contributed by atoms with Gasteiger partial charge in [-0.15, -0.1) is 0 Å². The maximum absolute atomic E-state index is 14.4. The van der Waals surface area contributed by atoms with Gasteiger partial charge in [0, 0.05) is 6.54 Å². The van der Waals surface area contributed by atoms with Crippen molar-refractivity contribution in [1.82, 2.24) is 0 Å². The molecular weight excluding hydrogens is 189 g/mol. The Balaban J connectivity index is 2.40. The van der Waals surface area contributed by atoms with Crippen molar-refractivity contribution >= 4 is 0 Å². The van der Waals surface area contributed by atoms with Crippen LogP contribution in [0.1, 0.15) is 58.8 Å². The minimum atomic E-state index is -1.05. The summed E-state index contributed by atoms with van der Waals surface area (Å²) in [7, 11) is 0. The van der Waals surface area contributed by atoms with Crippen molar-refractivity contribution in [2.24, 2.45) is 17.6 Å². The van der Waals surface area contributed by atoms with Crippen molar-refractivity contribution < 1.29 is 4.39 Å². The molecule has 1 aliphatic carbocycles. The van der Waals surface area contributed by atoms with Crippen molar-refractivity contribution in [2.45, 2.75) is 64.5 Å². The summed E-state index contributed by atoms with van der Waals surface area (Å²) in [5, 5.41) is 0. The van der Waals surface area contributed by atoms with Gasteiger partial charge in [-0.3, -0.25) is 0 Å². The van der Waals surface area contributed by atoms with Crippen LogP contribution in [0.15, 0.2) is 0 Å². The Kier molecular flexibility index (Phi) is 5.04. The molecule has 0 amide bonds. The Morgan fingerprint density at radius 2 is 2.07 bits per heavy atom. The summed E-state index contributed by atoms with van der Waals surface area (Å²) in [4.78, 5) is 0. The number of unbranched alkanes of at least 4 members (excludes halogenated alkanes) is 1. The van der Waals surface area contributed by atoms with Crippen LogP contribution in [0.3, 0.4) is 0 Å². The zero-order chi connectivity index (χ0) is 11.3. The van der Waals surface area contributed by atoms with Crippen molar-refractivity contribution in [3.8, 4) is 0 Å². The van der Waals surface area contributed by atoms with Gasteiger partial charge in [-0.1, -0.05) is 39.5 Å². The molecule has 0 saturated heterocycles. The SMILES string of the molecule is CCCCC(CC)CC(F)(CN)C1CC1. The molecule has 0 radical (unpaired) electrons. The molecule has 90 valence electrons. The van der Waals surface area contributed by atoms with E-state index >= 15 is 0 Å². The normalized spacial score (nSPS) is 22.4. The van der Waals surface area contributed by atoms with Crippen molar-refractivity contribution in [1.29, 1.82) is 0 Å². The van der Waals surface area contributed by atoms with Gasteiger partial charge in [0.1, 0.15) is 5.67 Å². The Labute approximate surface area is 93.6 Å². The zero-order valence-corrected chi connectivity index (χ0v) is 10.3. The van der Waals surface area contributed by atoms with Crippen LogP contribution in [-0.4, -0.2) is 12.2 Å². The molecule has 1 saturated carbocycles. The quantitative estimate of drug-likeness (QED) is 0.657. The lowest BCUT2D eigenvalue weighted by atomic mass is 9.84. The summed E-state index contributed by atoms with van der Waals surface area (Å²) >= 11 is 0. The number of hydrogen-bond donors (Lipinski definition) is 1. The molecule has 2 N–H and O–H groups in total. The number of alkyl halides is 1. The molecule has 0 aromatic rings. The van der Waals surface area contributed by atoms with Crippen LogP contribution in [0.2, 0.25) is 0 Å². The Morgan fingerprint density at radius 3 is 2.47 bits per heavy atom. The lowest BCUT2D eigenvalue weighted by Crippen LogP contribution is -2.37. The number of hydrogen-bond acceptors (Lipinski definition) is 1. The maximum atomic E-state index is 14.4. The number of rotatable bonds is 8. The second kappa shape index (κ2) is 5.83. The van der Waals surface area contributed by atoms with Gasteiger partial charge in [0.25, 0.3) is 0 Å². The molecule has 2 unspecified atom stereocenters. The minimum absolute atomic E-state index is 0.223. The van der Waals surface area contributed by atoms with Gasteiger partial charge in [-0.05, 0) is 31.1 Å². The first-order chi connectivity index (χ1) is 7.16. The molecule has 2 heteroatoms. The smallest absolute Gasteiger partial charge is 0.126 e. The van der Waals surface area contributed by atoms with Crippen LogP contribution in [0.5, 0.6) is 0 Å². The van der Waals surface area contributed by atoms with Gasteiger partial charge in [-0.2, -0.15) is 0 Å². The van der Waals surface area contributed by atoms with Crippen molar-refractivity contribution in [2.75, 3.05) is 6.54 Å². The summed E-state index contributed by atoms with van der Waals surface area (Å²) in [6.45, 7) is 4.59. The van der Waals surface area contributed by atoms with E-state index in [1.807, 2.05) is 0 Å². The van der Waals surface area contributed by atoms with Crippen LogP contribution in [-0.2, 0) is 0 Å². The largest absolute Gasteiger partial charge is 0.328 e. The van der Waals surface area contributed by atoms with E-state index in [-0.39, 0.29) is 12.5 Å². The van der Waals surface area contributed by atoms with Gasteiger partial charge in [0.2, 0.25) is 0 Å². The van der Waals surface area contributed by atoms with Crippen LogP contribution in [0, 0.1) is 11.8 Å². The van der Waals surface area contributed by atoms with Gasteiger partial charge in [-0.25, -0.2) is 4.39 Å². The topological polar surface area (TPSA) is 26.0 Å². The predicted octanol–water partition coefficient (Wildman–Crippen LogP) is 3.67. The summed E-state index contributed by atoms with van der Waals surface area (Å²) in [6.07, 6.45) is 7.51. The first-order valence-corrected chi connectivity index (χ1v) is 6.55. The summed E-state index contributed by atoms with van der Waals surface area (Å²) in [5.74, 6) is 0.817. The molecule has 0 heterocycles. The lowest BCUT2D eigenvalue weighted by molar-refractivity contribution is 0.100. The van der Waals surface area contributed by atoms with E-state index in [0.717, 1.165) is 19.3 Å². The maximum Gasteiger partial charge on any atom is 0.126 e. The molecule has 1 aliphatic rings. The highest BCUT2D eigenvalue weighted by Gasteiger charge is 2.45. The molecule has 2 atom stereocenters. The molecule has 0 aromatic heterocycles. The van der Waals surface area contributed by atoms with E-state index in [1.165, 1.54) is 19.3 Å². The van der Waals surface area contributed by atoms with E-state index in [2.05, 4.69) is 13.8 Å². The predicted molar refractivity (Wildman–Crippen MR) is 63.5 cm³/mol. The van der Waals surface area contributed by atoms with Crippen LogP contribution in [0.25, 0.3) is 0 Å². The van der Waals surface area contributed by atoms with Gasteiger partial charge >= 0.3 is 0 Å². The summed E-state index contributed by atoms with van der Waals surface area (Å²) < 4.78 is 14.4. The van der Waals surface area contributed by atoms with E-state index in [9.17, 15) is 4.39 Å². The fourth-order valence-electron chi connectivity index (χ4n) is 2.44. The first kappa shape index (κ1) is 13.0. The molecule has 15 heavy (non-hydrogen) atoms. The van der Waals surface area contributed by atoms with Crippen molar-refractivity contribution in [3.05, 3.63) is 0 Å². The van der Waals surface area contributed by atoms with Crippen LogP contribution in [0.4, 0.5) is 4.39 Å². The fourth-order valence-corrected chi connectivity index (χ4v) is 2.44. The highest BCUT2D eigenvalue weighted by Crippen LogP contribution is 2.45. The molecule has 0 spiro atoms. The standard InChI is InChI=1S/C13H26FN/c1-3-5-6-11(4-2)9-13(14,10-15)12-7-8-12/h11-12H,3-10,15H2,1-2H3. The monoisotopic (exact) mass is 215 g/mol. The molecule has 0 aromatic carbocycles. The third-order valence-electron chi connectivity index (χ3n) is 3.82. The second-order valence-corrected chi connectivity index (χ2v) is 5.13. The van der Waals surface area contributed by atoms with E-state index in [1.54, 1.807) is 0 Å². The third-order valence-corrected chi connectivity index (χ3v) is 3.82. The average molecular weight is 215 g/mol. The molecule has 0 bridgehead atoms. The molecule has 1 rings (SSSR count). The zero-order valence-electron chi connectivity index (χ0n) is 10.3. The molecule has 1 nitrogen and oxygen atoms in total. The summed E-state index contributed by atoms with van der Waals surface area (Å²) in [6, 6.07) is 0. The number of nitrogens with two attached hydrogens (primary N) is 1. The Morgan fingerprint density at radius 1 is 1.40 bits per heavy atom. The Bertz CT molecular complexity index is 179. The summed E-state index contributed by atoms with van der Waals surface area (Å²) in [5.41, 5.74) is 4.56.